The third kappa shape index (κ3) is 6.21. The Morgan fingerprint density at radius 1 is 1.38 bits per heavy atom. The summed E-state index contributed by atoms with van der Waals surface area (Å²) in [4.78, 5) is 11.7. The van der Waals surface area contributed by atoms with Crippen molar-refractivity contribution in [2.24, 2.45) is 5.73 Å². The van der Waals surface area contributed by atoms with Crippen LogP contribution in [-0.2, 0) is 19.6 Å². The van der Waals surface area contributed by atoms with Crippen LogP contribution in [0.5, 0.6) is 0 Å². The van der Waals surface area contributed by atoms with E-state index in [0.717, 1.165) is 0 Å². The van der Waals surface area contributed by atoms with E-state index in [4.69, 9.17) is 10.5 Å². The van der Waals surface area contributed by atoms with Crippen molar-refractivity contribution in [2.45, 2.75) is 18.2 Å². The van der Waals surface area contributed by atoms with E-state index in [9.17, 15) is 13.2 Å². The number of sulfonamides is 1. The highest BCUT2D eigenvalue weighted by atomic mass is 32.2. The number of carbonyl (C=O) groups excluding carboxylic acids is 1. The summed E-state index contributed by atoms with van der Waals surface area (Å²) in [5, 5.41) is 2.63. The maximum Gasteiger partial charge on any atom is 0.240 e. The van der Waals surface area contributed by atoms with Crippen LogP contribution in [0.3, 0.4) is 0 Å². The van der Waals surface area contributed by atoms with Crippen LogP contribution in [0.15, 0.2) is 29.2 Å². The molecule has 0 heterocycles. The molecule has 0 fully saturated rings. The van der Waals surface area contributed by atoms with Gasteiger partial charge in [-0.3, -0.25) is 4.79 Å². The first kappa shape index (κ1) is 17.6. The lowest BCUT2D eigenvalue weighted by Gasteiger charge is -2.09. The number of nitrogens with one attached hydrogen (secondary N) is 2. The summed E-state index contributed by atoms with van der Waals surface area (Å²) in [6.45, 7) is 3.10. The molecule has 0 spiro atoms. The van der Waals surface area contributed by atoms with E-state index in [1.165, 1.54) is 12.1 Å². The Hall–Kier alpha value is -1.48. The quantitative estimate of drug-likeness (QED) is 0.567. The number of benzene rings is 1. The van der Waals surface area contributed by atoms with Crippen molar-refractivity contribution in [3.63, 3.8) is 0 Å². The fourth-order valence-electron chi connectivity index (χ4n) is 1.55. The Balaban J connectivity index is 2.70. The highest BCUT2D eigenvalue weighted by Gasteiger charge is 2.13. The molecule has 0 aliphatic carbocycles. The molecule has 1 rings (SSSR count). The van der Waals surface area contributed by atoms with Gasteiger partial charge in [0.2, 0.25) is 15.9 Å². The molecule has 4 N–H and O–H groups in total. The summed E-state index contributed by atoms with van der Waals surface area (Å²) >= 11 is 0. The van der Waals surface area contributed by atoms with Crippen molar-refractivity contribution >= 4 is 21.6 Å². The first-order valence-corrected chi connectivity index (χ1v) is 8.15. The highest BCUT2D eigenvalue weighted by Crippen LogP contribution is 2.15. The van der Waals surface area contributed by atoms with Gasteiger partial charge in [-0.05, 0) is 25.1 Å². The fraction of sp³-hybridized carbons (Fsp3) is 0.462. The van der Waals surface area contributed by atoms with E-state index >= 15 is 0 Å². The van der Waals surface area contributed by atoms with Gasteiger partial charge in [0.25, 0.3) is 0 Å². The van der Waals surface area contributed by atoms with Gasteiger partial charge in [0.1, 0.15) is 0 Å². The smallest absolute Gasteiger partial charge is 0.240 e. The summed E-state index contributed by atoms with van der Waals surface area (Å²) in [5.41, 5.74) is 5.69. The molecule has 118 valence electrons. The van der Waals surface area contributed by atoms with E-state index in [0.29, 0.717) is 18.9 Å². The molecule has 0 aromatic heterocycles. The Labute approximate surface area is 124 Å². The molecular formula is C13H21N3O4S. The maximum absolute atomic E-state index is 11.9. The predicted octanol–water partition coefficient (Wildman–Crippen LogP) is 0.289. The predicted molar refractivity (Wildman–Crippen MR) is 80.4 cm³/mol. The van der Waals surface area contributed by atoms with E-state index in [1.807, 2.05) is 6.92 Å². The molecule has 1 aromatic rings. The summed E-state index contributed by atoms with van der Waals surface area (Å²) in [6.07, 6.45) is 0.218. The zero-order valence-corrected chi connectivity index (χ0v) is 12.8. The summed E-state index contributed by atoms with van der Waals surface area (Å²) in [7, 11) is -3.61. The molecule has 0 atom stereocenters. The monoisotopic (exact) mass is 315 g/mol. The Bertz CT molecular complexity index is 560. The van der Waals surface area contributed by atoms with Crippen molar-refractivity contribution in [3.05, 3.63) is 24.3 Å². The van der Waals surface area contributed by atoms with Crippen LogP contribution in [-0.4, -0.2) is 40.6 Å². The normalized spacial score (nSPS) is 11.3. The molecule has 21 heavy (non-hydrogen) atoms. The second-order valence-corrected chi connectivity index (χ2v) is 5.98. The molecule has 7 nitrogen and oxygen atoms in total. The number of rotatable bonds is 9. The van der Waals surface area contributed by atoms with Crippen molar-refractivity contribution in [3.8, 4) is 0 Å². The van der Waals surface area contributed by atoms with Crippen LogP contribution < -0.4 is 15.8 Å². The van der Waals surface area contributed by atoms with Gasteiger partial charge in [-0.2, -0.15) is 0 Å². The zero-order valence-electron chi connectivity index (χ0n) is 12.0. The van der Waals surface area contributed by atoms with Gasteiger partial charge in [-0.25, -0.2) is 13.1 Å². The summed E-state index contributed by atoms with van der Waals surface area (Å²) < 4.78 is 31.3. The first-order chi connectivity index (χ1) is 9.99. The second-order valence-electron chi connectivity index (χ2n) is 4.21. The van der Waals surface area contributed by atoms with Crippen molar-refractivity contribution in [1.82, 2.24) is 4.72 Å². The second kappa shape index (κ2) is 8.73. The minimum Gasteiger partial charge on any atom is -0.381 e. The van der Waals surface area contributed by atoms with Gasteiger partial charge in [-0.15, -0.1) is 0 Å². The summed E-state index contributed by atoms with van der Waals surface area (Å²) in [6, 6.07) is 6.04. The minimum atomic E-state index is -3.61. The van der Waals surface area contributed by atoms with Gasteiger partial charge in [0.15, 0.2) is 0 Å². The minimum absolute atomic E-state index is 0.0820. The zero-order chi connectivity index (χ0) is 15.7. The molecule has 0 saturated heterocycles. The van der Waals surface area contributed by atoms with Crippen LogP contribution in [0.4, 0.5) is 5.69 Å². The fourth-order valence-corrected chi connectivity index (χ4v) is 2.64. The molecule has 0 aliphatic heterocycles. The summed E-state index contributed by atoms with van der Waals surface area (Å²) in [5.74, 6) is -0.229. The Morgan fingerprint density at radius 3 is 2.81 bits per heavy atom. The van der Waals surface area contributed by atoms with Gasteiger partial charge in [-0.1, -0.05) is 6.07 Å². The van der Waals surface area contributed by atoms with Crippen molar-refractivity contribution in [1.29, 1.82) is 0 Å². The lowest BCUT2D eigenvalue weighted by molar-refractivity contribution is -0.117. The molecule has 8 heteroatoms. The van der Waals surface area contributed by atoms with Gasteiger partial charge >= 0.3 is 0 Å². The van der Waals surface area contributed by atoms with Crippen molar-refractivity contribution < 1.29 is 17.9 Å². The maximum atomic E-state index is 11.9. The van der Waals surface area contributed by atoms with Crippen LogP contribution in [0, 0.1) is 0 Å². The highest BCUT2D eigenvalue weighted by molar-refractivity contribution is 7.89. The van der Waals surface area contributed by atoms with Crippen molar-refractivity contribution in [2.75, 3.05) is 31.6 Å². The van der Waals surface area contributed by atoms with Crippen LogP contribution in [0.1, 0.15) is 13.3 Å². The van der Waals surface area contributed by atoms with Crippen LogP contribution in [0.2, 0.25) is 0 Å². The average molecular weight is 315 g/mol. The lowest BCUT2D eigenvalue weighted by Crippen LogP contribution is -2.29. The van der Waals surface area contributed by atoms with E-state index < -0.39 is 10.0 Å². The van der Waals surface area contributed by atoms with Crippen LogP contribution in [0.25, 0.3) is 0 Å². The van der Waals surface area contributed by atoms with Gasteiger partial charge in [0, 0.05) is 25.4 Å². The van der Waals surface area contributed by atoms with Gasteiger partial charge < -0.3 is 15.8 Å². The topological polar surface area (TPSA) is 111 Å². The SMILES string of the molecule is CCOCCC(=O)Nc1cccc(S(=O)(=O)NCCN)c1. The standard InChI is InChI=1S/C13H21N3O4S/c1-2-20-9-6-13(17)16-11-4-3-5-12(10-11)21(18,19)15-8-7-14/h3-5,10,15H,2,6-9,14H2,1H3,(H,16,17). The van der Waals surface area contributed by atoms with E-state index in [2.05, 4.69) is 10.0 Å². The average Bonchev–Trinajstić information content (AvgIpc) is 2.46. The molecular weight excluding hydrogens is 294 g/mol. The molecule has 1 aromatic carbocycles. The van der Waals surface area contributed by atoms with Gasteiger partial charge in [0.05, 0.1) is 17.9 Å². The molecule has 0 aliphatic rings. The van der Waals surface area contributed by atoms with E-state index in [-0.39, 0.29) is 30.3 Å². The number of nitrogens with two attached hydrogens (primary N) is 1. The molecule has 0 bridgehead atoms. The first-order valence-electron chi connectivity index (χ1n) is 6.67. The van der Waals surface area contributed by atoms with E-state index in [1.54, 1.807) is 12.1 Å². The molecule has 0 unspecified atom stereocenters. The third-order valence-electron chi connectivity index (χ3n) is 2.54. The molecule has 0 saturated carbocycles. The Morgan fingerprint density at radius 2 is 2.14 bits per heavy atom. The number of anilines is 1. The number of hydrogen-bond acceptors (Lipinski definition) is 5. The molecule has 1 amide bonds. The number of hydrogen-bond donors (Lipinski definition) is 3. The number of ether oxygens (including phenoxy) is 1. The Kier molecular flexibility index (Phi) is 7.30. The third-order valence-corrected chi connectivity index (χ3v) is 4.00. The van der Waals surface area contributed by atoms with Crippen LogP contribution >= 0.6 is 0 Å². The molecule has 0 radical (unpaired) electrons. The lowest BCUT2D eigenvalue weighted by atomic mass is 10.3. The number of carbonyl (C=O) groups is 1. The largest absolute Gasteiger partial charge is 0.381 e. The number of amides is 1.